The highest BCUT2D eigenvalue weighted by Gasteiger charge is 2.35. The van der Waals surface area contributed by atoms with Crippen molar-refractivity contribution in [2.45, 2.75) is 64.7 Å². The lowest BCUT2D eigenvalue weighted by Crippen LogP contribution is -2.41. The Hall–Kier alpha value is -4.73. The zero-order valence-corrected chi connectivity index (χ0v) is 24.9. The van der Waals surface area contributed by atoms with E-state index in [2.05, 4.69) is 37.1 Å². The Morgan fingerprint density at radius 3 is 2.34 bits per heavy atom. The smallest absolute Gasteiger partial charge is 0.420 e. The molecule has 0 spiro atoms. The first-order valence-corrected chi connectivity index (χ1v) is 14.1. The SMILES string of the molecule is CCOC(=O)Cc1cncnc1C#Cc1nc(Nc2ccc(C3CCN(C(=O)OC(C)(C)C)CC3)cc2)ncc1C(F)(F)F. The molecule has 0 bridgehead atoms. The second kappa shape index (κ2) is 13.7. The largest absolute Gasteiger partial charge is 0.466 e. The van der Waals surface area contributed by atoms with Crippen LogP contribution < -0.4 is 5.32 Å². The van der Waals surface area contributed by atoms with Crippen LogP contribution in [0.5, 0.6) is 0 Å². The number of likely N-dealkylation sites (tertiary alicyclic amines) is 1. The molecule has 1 amide bonds. The molecule has 2 aromatic heterocycles. The normalized spacial score (nSPS) is 13.9. The summed E-state index contributed by atoms with van der Waals surface area (Å²) >= 11 is 0. The number of amides is 1. The van der Waals surface area contributed by atoms with Crippen LogP contribution in [-0.2, 0) is 26.9 Å². The molecule has 1 fully saturated rings. The minimum atomic E-state index is -4.75. The Bertz CT molecular complexity index is 1540. The van der Waals surface area contributed by atoms with Gasteiger partial charge in [0.1, 0.15) is 28.9 Å². The number of anilines is 2. The number of hydrogen-bond acceptors (Lipinski definition) is 9. The van der Waals surface area contributed by atoms with Crippen molar-refractivity contribution in [1.82, 2.24) is 24.8 Å². The number of benzene rings is 1. The Morgan fingerprint density at radius 2 is 1.70 bits per heavy atom. The number of hydrogen-bond donors (Lipinski definition) is 1. The van der Waals surface area contributed by atoms with E-state index < -0.39 is 29.0 Å². The number of aromatic nitrogens is 4. The number of piperidine rings is 1. The van der Waals surface area contributed by atoms with Crippen molar-refractivity contribution in [1.29, 1.82) is 0 Å². The van der Waals surface area contributed by atoms with Gasteiger partial charge >= 0.3 is 18.2 Å². The molecular weight excluding hydrogens is 577 g/mol. The van der Waals surface area contributed by atoms with Gasteiger partial charge in [0.05, 0.1) is 13.0 Å². The van der Waals surface area contributed by atoms with Crippen LogP contribution in [0, 0.1) is 11.8 Å². The fourth-order valence-corrected chi connectivity index (χ4v) is 4.52. The number of halogens is 3. The molecule has 0 radical (unpaired) electrons. The van der Waals surface area contributed by atoms with Gasteiger partial charge in [0.2, 0.25) is 5.95 Å². The summed E-state index contributed by atoms with van der Waals surface area (Å²) in [4.78, 5) is 41.7. The quantitative estimate of drug-likeness (QED) is 0.279. The predicted molar refractivity (Wildman–Crippen MR) is 155 cm³/mol. The van der Waals surface area contributed by atoms with Gasteiger partial charge in [0.15, 0.2) is 0 Å². The fraction of sp³-hybridized carbons (Fsp3) is 0.419. The summed E-state index contributed by atoms with van der Waals surface area (Å²) in [6, 6.07) is 7.46. The summed E-state index contributed by atoms with van der Waals surface area (Å²) in [6.45, 7) is 8.52. The summed E-state index contributed by atoms with van der Waals surface area (Å²) in [7, 11) is 0. The van der Waals surface area contributed by atoms with Crippen molar-refractivity contribution in [2.75, 3.05) is 25.0 Å². The van der Waals surface area contributed by atoms with Crippen LogP contribution in [0.4, 0.5) is 29.6 Å². The van der Waals surface area contributed by atoms with E-state index in [0.29, 0.717) is 30.5 Å². The van der Waals surface area contributed by atoms with Crippen molar-refractivity contribution < 1.29 is 32.2 Å². The second-order valence-corrected chi connectivity index (χ2v) is 11.1. The first-order chi connectivity index (χ1) is 20.8. The van der Waals surface area contributed by atoms with E-state index >= 15 is 0 Å². The molecule has 0 atom stereocenters. The summed E-state index contributed by atoms with van der Waals surface area (Å²) < 4.78 is 51.6. The van der Waals surface area contributed by atoms with Gasteiger partial charge in [-0.05, 0) is 76.0 Å². The number of alkyl halides is 3. The van der Waals surface area contributed by atoms with Crippen LogP contribution in [0.25, 0.3) is 0 Å². The van der Waals surface area contributed by atoms with Crippen molar-refractivity contribution in [2.24, 2.45) is 0 Å². The van der Waals surface area contributed by atoms with E-state index in [1.54, 1.807) is 24.0 Å². The number of ether oxygens (including phenoxy) is 2. The topological polar surface area (TPSA) is 119 Å². The van der Waals surface area contributed by atoms with Crippen molar-refractivity contribution >= 4 is 23.7 Å². The van der Waals surface area contributed by atoms with Gasteiger partial charge in [-0.3, -0.25) is 4.79 Å². The minimum absolute atomic E-state index is 0.0739. The van der Waals surface area contributed by atoms with Crippen molar-refractivity contribution in [3.8, 4) is 11.8 Å². The standard InChI is InChI=1S/C31H33F3N6O4/c1-5-43-27(41)16-22-17-35-19-37-25(22)10-11-26-24(31(32,33)34)18-36-28(39-26)38-23-8-6-20(7-9-23)21-12-14-40(15-13-21)29(42)44-30(2,3)4/h6-9,17-19,21H,5,12-16H2,1-4H3,(H,36,38,39). The van der Waals surface area contributed by atoms with Gasteiger partial charge in [-0.1, -0.05) is 12.1 Å². The molecule has 4 rings (SSSR count). The monoisotopic (exact) mass is 610 g/mol. The average Bonchev–Trinajstić information content (AvgIpc) is 2.96. The molecule has 13 heteroatoms. The van der Waals surface area contributed by atoms with Crippen LogP contribution >= 0.6 is 0 Å². The number of nitrogens with one attached hydrogen (secondary N) is 1. The zero-order valence-electron chi connectivity index (χ0n) is 24.9. The third kappa shape index (κ3) is 8.89. The minimum Gasteiger partial charge on any atom is -0.466 e. The molecule has 1 aliphatic rings. The third-order valence-electron chi connectivity index (χ3n) is 6.61. The van der Waals surface area contributed by atoms with Crippen molar-refractivity contribution in [3.05, 3.63) is 71.1 Å². The van der Waals surface area contributed by atoms with E-state index in [1.807, 2.05) is 32.9 Å². The third-order valence-corrected chi connectivity index (χ3v) is 6.61. The Balaban J connectivity index is 1.47. The molecule has 1 N–H and O–H groups in total. The molecule has 1 aliphatic heterocycles. The van der Waals surface area contributed by atoms with E-state index in [4.69, 9.17) is 9.47 Å². The summed E-state index contributed by atoms with van der Waals surface area (Å²) in [5, 5.41) is 2.93. The van der Waals surface area contributed by atoms with Crippen LogP contribution in [0.1, 0.15) is 74.5 Å². The number of nitrogens with zero attached hydrogens (tertiary/aromatic N) is 5. The molecule has 0 aliphatic carbocycles. The highest BCUT2D eigenvalue weighted by atomic mass is 19.4. The lowest BCUT2D eigenvalue weighted by Gasteiger charge is -2.33. The maximum atomic E-state index is 13.7. The van der Waals surface area contributed by atoms with Crippen LogP contribution in [0.15, 0.2) is 43.0 Å². The van der Waals surface area contributed by atoms with Crippen LogP contribution in [-0.4, -0.2) is 62.2 Å². The molecule has 1 aromatic carbocycles. The molecule has 44 heavy (non-hydrogen) atoms. The van der Waals surface area contributed by atoms with Crippen LogP contribution in [0.2, 0.25) is 0 Å². The van der Waals surface area contributed by atoms with E-state index in [-0.39, 0.29) is 36.7 Å². The molecule has 0 saturated carbocycles. The van der Waals surface area contributed by atoms with E-state index in [9.17, 15) is 22.8 Å². The lowest BCUT2D eigenvalue weighted by molar-refractivity contribution is -0.142. The average molecular weight is 611 g/mol. The lowest BCUT2D eigenvalue weighted by atomic mass is 9.89. The van der Waals surface area contributed by atoms with Crippen LogP contribution in [0.3, 0.4) is 0 Å². The molecule has 232 valence electrons. The number of carbonyl (C=O) groups excluding carboxylic acids is 2. The second-order valence-electron chi connectivity index (χ2n) is 11.1. The first-order valence-electron chi connectivity index (χ1n) is 14.1. The van der Waals surface area contributed by atoms with Gasteiger partial charge in [-0.25, -0.2) is 24.7 Å². The van der Waals surface area contributed by atoms with E-state index in [1.165, 1.54) is 12.5 Å². The highest BCUT2D eigenvalue weighted by molar-refractivity contribution is 5.73. The number of esters is 1. The van der Waals surface area contributed by atoms with Gasteiger partial charge < -0.3 is 19.7 Å². The van der Waals surface area contributed by atoms with Crippen molar-refractivity contribution in [3.63, 3.8) is 0 Å². The molecule has 0 unspecified atom stereocenters. The molecular formula is C31H33F3N6O4. The van der Waals surface area contributed by atoms with E-state index in [0.717, 1.165) is 18.4 Å². The molecule has 3 aromatic rings. The maximum Gasteiger partial charge on any atom is 0.420 e. The van der Waals surface area contributed by atoms with Gasteiger partial charge in [0, 0.05) is 36.7 Å². The summed E-state index contributed by atoms with van der Waals surface area (Å²) in [6.07, 6.45) is -0.461. The van der Waals surface area contributed by atoms with Gasteiger partial charge in [-0.2, -0.15) is 13.2 Å². The maximum absolute atomic E-state index is 13.7. The fourth-order valence-electron chi connectivity index (χ4n) is 4.52. The molecule has 10 nitrogen and oxygen atoms in total. The van der Waals surface area contributed by atoms with Gasteiger partial charge in [0.25, 0.3) is 0 Å². The summed E-state index contributed by atoms with van der Waals surface area (Å²) in [5.41, 5.74) is -0.147. The Kier molecular flexibility index (Phi) is 10.0. The first kappa shape index (κ1) is 32.2. The Labute approximate surface area is 253 Å². The zero-order chi connectivity index (χ0) is 31.9. The highest BCUT2D eigenvalue weighted by Crippen LogP contribution is 2.32. The predicted octanol–water partition coefficient (Wildman–Crippen LogP) is 5.65. The number of rotatable bonds is 6. The molecule has 1 saturated heterocycles. The summed E-state index contributed by atoms with van der Waals surface area (Å²) in [5.74, 6) is 4.67. The Morgan fingerprint density at radius 1 is 1.02 bits per heavy atom. The molecule has 3 heterocycles. The van der Waals surface area contributed by atoms with Gasteiger partial charge in [-0.15, -0.1) is 0 Å². The number of carbonyl (C=O) groups is 2.